The Morgan fingerprint density at radius 2 is 1.33 bits per heavy atom. The smallest absolute Gasteiger partial charge is 0.236 e. The molecule has 0 saturated carbocycles. The zero-order chi connectivity index (χ0) is 13.9. The van der Waals surface area contributed by atoms with Crippen molar-refractivity contribution in [3.63, 3.8) is 0 Å². The number of nitrogens with zero attached hydrogens (tertiary/aromatic N) is 3. The van der Waals surface area contributed by atoms with Crippen molar-refractivity contribution in [3.8, 4) is 0 Å². The topological polar surface area (TPSA) is 26.8 Å². The molecular weight excluding hydrogens is 245 g/mol. The van der Waals surface area contributed by atoms with Crippen LogP contribution in [-0.4, -0.2) is 56.5 Å². The fourth-order valence-corrected chi connectivity index (χ4v) is 4.97. The fourth-order valence-electron chi connectivity index (χ4n) is 2.21. The first-order valence-electron chi connectivity index (χ1n) is 5.98. The molecule has 18 heavy (non-hydrogen) atoms. The van der Waals surface area contributed by atoms with Crippen LogP contribution < -0.4 is 0 Å². The van der Waals surface area contributed by atoms with Gasteiger partial charge in [-0.1, -0.05) is 30.3 Å². The van der Waals surface area contributed by atoms with Crippen molar-refractivity contribution < 1.29 is 4.57 Å². The van der Waals surface area contributed by atoms with Crippen molar-refractivity contribution in [3.05, 3.63) is 35.9 Å². The highest BCUT2D eigenvalue weighted by molar-refractivity contribution is 7.59. The molecule has 0 aromatic heterocycles. The zero-order valence-electron chi connectivity index (χ0n) is 12.2. The van der Waals surface area contributed by atoms with Crippen LogP contribution in [0.2, 0.25) is 0 Å². The molecule has 0 N–H and O–H groups in total. The summed E-state index contributed by atoms with van der Waals surface area (Å²) >= 11 is 0. The summed E-state index contributed by atoms with van der Waals surface area (Å²) in [5.74, 6) is -0.135. The van der Waals surface area contributed by atoms with E-state index in [1.54, 1.807) is 0 Å². The second-order valence-corrected chi connectivity index (χ2v) is 8.30. The summed E-state index contributed by atoms with van der Waals surface area (Å²) in [5, 5.41) is 0. The average Bonchev–Trinajstić information content (AvgIpc) is 2.29. The molecule has 0 saturated heterocycles. The number of benzene rings is 1. The predicted octanol–water partition coefficient (Wildman–Crippen LogP) is 2.56. The highest BCUT2D eigenvalue weighted by atomic mass is 31.2. The highest BCUT2D eigenvalue weighted by Gasteiger charge is 2.40. The van der Waals surface area contributed by atoms with Gasteiger partial charge in [-0.2, -0.15) is 0 Å². The Hall–Kier alpha value is -0.670. The number of hydrogen-bond acceptors (Lipinski definition) is 2. The van der Waals surface area contributed by atoms with E-state index in [9.17, 15) is 4.57 Å². The Bertz CT molecular complexity index is 406. The van der Waals surface area contributed by atoms with Crippen molar-refractivity contribution in [1.82, 2.24) is 14.2 Å². The van der Waals surface area contributed by atoms with Gasteiger partial charge in [0.15, 0.2) is 0 Å². The van der Waals surface area contributed by atoms with Gasteiger partial charge < -0.3 is 0 Å². The first-order chi connectivity index (χ1) is 8.31. The molecule has 0 heterocycles. The molecule has 0 aliphatic carbocycles. The molecule has 1 rings (SSSR count). The van der Waals surface area contributed by atoms with Gasteiger partial charge in [0, 0.05) is 0 Å². The molecule has 0 fully saturated rings. The van der Waals surface area contributed by atoms with Crippen molar-refractivity contribution >= 4 is 7.44 Å². The maximum atomic E-state index is 13.4. The van der Waals surface area contributed by atoms with Crippen molar-refractivity contribution in [2.45, 2.75) is 5.78 Å². The first kappa shape index (κ1) is 15.4. The molecule has 0 aliphatic rings. The second-order valence-electron chi connectivity index (χ2n) is 5.03. The van der Waals surface area contributed by atoms with Gasteiger partial charge in [0.05, 0.1) is 0 Å². The lowest BCUT2D eigenvalue weighted by Crippen LogP contribution is -2.32. The summed E-state index contributed by atoms with van der Waals surface area (Å²) in [7, 11) is 8.78. The molecule has 1 unspecified atom stereocenters. The van der Waals surface area contributed by atoms with Gasteiger partial charge in [-0.15, -0.1) is 0 Å². The Morgan fingerprint density at radius 3 is 1.67 bits per heavy atom. The maximum Gasteiger partial charge on any atom is 0.236 e. The van der Waals surface area contributed by atoms with Crippen LogP contribution in [0.5, 0.6) is 0 Å². The van der Waals surface area contributed by atoms with E-state index in [-0.39, 0.29) is 5.78 Å². The second kappa shape index (κ2) is 5.98. The Kier molecular flexibility index (Phi) is 5.11. The SMILES string of the molecule is CN(C)C(c1ccccc1)P(=O)(N(C)C)N(C)C. The quantitative estimate of drug-likeness (QED) is 0.768. The van der Waals surface area contributed by atoms with E-state index in [1.807, 2.05) is 86.9 Å². The summed E-state index contributed by atoms with van der Waals surface area (Å²) in [4.78, 5) is 2.02. The molecule has 1 atom stereocenters. The number of rotatable bonds is 5. The minimum absolute atomic E-state index is 0.135. The van der Waals surface area contributed by atoms with Gasteiger partial charge in [-0.25, -0.2) is 9.34 Å². The lowest BCUT2D eigenvalue weighted by molar-refractivity contribution is 0.327. The molecule has 102 valence electrons. The third-order valence-electron chi connectivity index (χ3n) is 3.05. The van der Waals surface area contributed by atoms with Gasteiger partial charge in [0.2, 0.25) is 7.44 Å². The third-order valence-corrected chi connectivity index (χ3v) is 6.74. The molecular formula is C13H24N3OP. The molecule has 5 heteroatoms. The van der Waals surface area contributed by atoms with E-state index in [0.29, 0.717) is 0 Å². The first-order valence-corrected chi connectivity index (χ1v) is 7.66. The van der Waals surface area contributed by atoms with Crippen LogP contribution in [0.25, 0.3) is 0 Å². The van der Waals surface area contributed by atoms with Crippen LogP contribution >= 0.6 is 7.44 Å². The van der Waals surface area contributed by atoms with Crippen molar-refractivity contribution in [2.75, 3.05) is 42.3 Å². The summed E-state index contributed by atoms with van der Waals surface area (Å²) in [6, 6.07) is 10.0. The van der Waals surface area contributed by atoms with Crippen LogP contribution in [0.1, 0.15) is 11.3 Å². The van der Waals surface area contributed by atoms with Crippen molar-refractivity contribution in [2.24, 2.45) is 0 Å². The van der Waals surface area contributed by atoms with Crippen LogP contribution in [0, 0.1) is 0 Å². The van der Waals surface area contributed by atoms with Crippen LogP contribution in [0.15, 0.2) is 30.3 Å². The Labute approximate surface area is 111 Å². The summed E-state index contributed by atoms with van der Waals surface area (Å²) in [5.41, 5.74) is 1.08. The third kappa shape index (κ3) is 2.83. The largest absolute Gasteiger partial charge is 0.294 e. The normalized spacial score (nSPS) is 14.5. The van der Waals surface area contributed by atoms with E-state index in [1.165, 1.54) is 0 Å². The standard InChI is InChI=1S/C13H24N3OP/c1-14(2)13(12-10-8-7-9-11-12)18(17,15(3)4)16(5)6/h7-11,13H,1-6H3. The lowest BCUT2D eigenvalue weighted by atomic mass is 10.2. The van der Waals surface area contributed by atoms with E-state index in [2.05, 4.69) is 0 Å². The zero-order valence-corrected chi connectivity index (χ0v) is 13.1. The van der Waals surface area contributed by atoms with Gasteiger partial charge >= 0.3 is 0 Å². The summed E-state index contributed by atoms with van der Waals surface area (Å²) in [6.07, 6.45) is 0. The van der Waals surface area contributed by atoms with Gasteiger partial charge in [-0.3, -0.25) is 9.46 Å². The number of hydrogen-bond donors (Lipinski definition) is 0. The highest BCUT2D eigenvalue weighted by Crippen LogP contribution is 2.62. The molecule has 1 aromatic carbocycles. The van der Waals surface area contributed by atoms with Crippen molar-refractivity contribution in [1.29, 1.82) is 0 Å². The summed E-state index contributed by atoms with van der Waals surface area (Å²) < 4.78 is 17.0. The van der Waals surface area contributed by atoms with E-state index >= 15 is 0 Å². The van der Waals surface area contributed by atoms with Crippen LogP contribution in [0.4, 0.5) is 0 Å². The molecule has 0 radical (unpaired) electrons. The maximum absolute atomic E-state index is 13.4. The van der Waals surface area contributed by atoms with E-state index < -0.39 is 7.44 Å². The monoisotopic (exact) mass is 269 g/mol. The van der Waals surface area contributed by atoms with E-state index in [0.717, 1.165) is 5.56 Å². The Morgan fingerprint density at radius 1 is 0.889 bits per heavy atom. The fraction of sp³-hybridized carbons (Fsp3) is 0.538. The molecule has 0 spiro atoms. The molecule has 0 bridgehead atoms. The predicted molar refractivity (Wildman–Crippen MR) is 77.9 cm³/mol. The minimum Gasteiger partial charge on any atom is -0.294 e. The minimum atomic E-state index is -2.66. The molecule has 0 aliphatic heterocycles. The average molecular weight is 269 g/mol. The molecule has 0 amide bonds. The molecule has 4 nitrogen and oxygen atoms in total. The molecule has 1 aromatic rings. The lowest BCUT2D eigenvalue weighted by Gasteiger charge is -2.40. The van der Waals surface area contributed by atoms with Gasteiger partial charge in [0.1, 0.15) is 5.78 Å². The Balaban J connectivity index is 3.32. The van der Waals surface area contributed by atoms with Crippen LogP contribution in [0.3, 0.4) is 0 Å². The van der Waals surface area contributed by atoms with Gasteiger partial charge in [0.25, 0.3) is 0 Å². The van der Waals surface area contributed by atoms with Crippen LogP contribution in [-0.2, 0) is 4.57 Å². The summed E-state index contributed by atoms with van der Waals surface area (Å²) in [6.45, 7) is 0. The van der Waals surface area contributed by atoms with Gasteiger partial charge in [-0.05, 0) is 47.8 Å². The van der Waals surface area contributed by atoms with E-state index in [4.69, 9.17) is 0 Å².